The molecule has 26 heavy (non-hydrogen) atoms. The van der Waals surface area contributed by atoms with Gasteiger partial charge in [0.2, 0.25) is 0 Å². The van der Waals surface area contributed by atoms with Gasteiger partial charge in [-0.1, -0.05) is 18.2 Å². The molecular formula is C20H18N4O2. The van der Waals surface area contributed by atoms with Crippen molar-refractivity contribution >= 4 is 16.9 Å². The van der Waals surface area contributed by atoms with Crippen LogP contribution in [0.4, 0.5) is 0 Å². The van der Waals surface area contributed by atoms with Crippen molar-refractivity contribution in [2.24, 2.45) is 0 Å². The van der Waals surface area contributed by atoms with Crippen molar-refractivity contribution in [2.45, 2.75) is 13.0 Å². The largest absolute Gasteiger partial charge is 0.376 e. The zero-order valence-electron chi connectivity index (χ0n) is 14.4. The highest BCUT2D eigenvalue weighted by Gasteiger charge is 2.28. The summed E-state index contributed by atoms with van der Waals surface area (Å²) in [4.78, 5) is 19.1. The van der Waals surface area contributed by atoms with E-state index < -0.39 is 6.04 Å². The first-order valence-electron chi connectivity index (χ1n) is 8.52. The number of benzene rings is 2. The Labute approximate surface area is 151 Å². The number of morpholine rings is 1. The van der Waals surface area contributed by atoms with Gasteiger partial charge in [-0.3, -0.25) is 9.36 Å². The molecule has 1 unspecified atom stereocenters. The van der Waals surface area contributed by atoms with Gasteiger partial charge >= 0.3 is 0 Å². The zero-order chi connectivity index (χ0) is 18.1. The fourth-order valence-electron chi connectivity index (χ4n) is 3.36. The van der Waals surface area contributed by atoms with Crippen LogP contribution in [-0.2, 0) is 4.74 Å². The molecule has 0 spiro atoms. The molecule has 2 aromatic carbocycles. The summed E-state index contributed by atoms with van der Waals surface area (Å²) >= 11 is 0. The molecule has 1 aliphatic rings. The Bertz CT molecular complexity index is 1000. The third kappa shape index (κ3) is 2.72. The van der Waals surface area contributed by atoms with E-state index in [1.807, 2.05) is 43.3 Å². The molecule has 3 aromatic rings. The monoisotopic (exact) mass is 346 g/mol. The van der Waals surface area contributed by atoms with Crippen LogP contribution in [-0.4, -0.2) is 46.2 Å². The Morgan fingerprint density at radius 3 is 2.85 bits per heavy atom. The molecule has 1 fully saturated rings. The number of hydrogen-bond acceptors (Lipinski definition) is 4. The number of hydrogen-bond donors (Lipinski definition) is 0. The second kappa shape index (κ2) is 6.62. The van der Waals surface area contributed by atoms with Gasteiger partial charge in [0.15, 0.2) is 0 Å². The SMILES string of the molecule is Cc1nc2cc(C(=O)N3CCOCC3C#N)ccc2n1-c1ccccc1. The second-order valence-corrected chi connectivity index (χ2v) is 6.25. The maximum Gasteiger partial charge on any atom is 0.255 e. The van der Waals surface area contributed by atoms with Crippen molar-refractivity contribution in [3.63, 3.8) is 0 Å². The van der Waals surface area contributed by atoms with Crippen LogP contribution in [0, 0.1) is 18.3 Å². The maximum atomic E-state index is 12.9. The summed E-state index contributed by atoms with van der Waals surface area (Å²) in [5.74, 6) is 0.700. The molecule has 0 saturated carbocycles. The Balaban J connectivity index is 1.73. The number of carbonyl (C=O) groups excluding carboxylic acids is 1. The fraction of sp³-hybridized carbons (Fsp3) is 0.250. The molecular weight excluding hydrogens is 328 g/mol. The third-order valence-corrected chi connectivity index (χ3v) is 4.62. The van der Waals surface area contributed by atoms with Crippen LogP contribution in [0.25, 0.3) is 16.7 Å². The summed E-state index contributed by atoms with van der Waals surface area (Å²) in [5.41, 5.74) is 3.28. The predicted octanol–water partition coefficient (Wildman–Crippen LogP) is 2.70. The van der Waals surface area contributed by atoms with Crippen molar-refractivity contribution in [2.75, 3.05) is 19.8 Å². The number of carbonyl (C=O) groups is 1. The lowest BCUT2D eigenvalue weighted by Crippen LogP contribution is -2.47. The summed E-state index contributed by atoms with van der Waals surface area (Å²) in [6.07, 6.45) is 0. The molecule has 6 nitrogen and oxygen atoms in total. The second-order valence-electron chi connectivity index (χ2n) is 6.25. The highest BCUT2D eigenvalue weighted by molar-refractivity contribution is 5.98. The summed E-state index contributed by atoms with van der Waals surface area (Å²) in [6, 6.07) is 17.1. The lowest BCUT2D eigenvalue weighted by molar-refractivity contribution is 0.0132. The Morgan fingerprint density at radius 2 is 2.08 bits per heavy atom. The topological polar surface area (TPSA) is 71.2 Å². The first-order valence-corrected chi connectivity index (χ1v) is 8.52. The van der Waals surface area contributed by atoms with Crippen LogP contribution in [0.5, 0.6) is 0 Å². The van der Waals surface area contributed by atoms with Gasteiger partial charge in [0, 0.05) is 17.8 Å². The molecule has 1 atom stereocenters. The van der Waals surface area contributed by atoms with Gasteiger partial charge in [-0.25, -0.2) is 4.98 Å². The minimum atomic E-state index is -0.546. The fourth-order valence-corrected chi connectivity index (χ4v) is 3.36. The zero-order valence-corrected chi connectivity index (χ0v) is 14.4. The molecule has 4 rings (SSSR count). The number of amides is 1. The van der Waals surface area contributed by atoms with E-state index in [4.69, 9.17) is 4.74 Å². The quantitative estimate of drug-likeness (QED) is 0.715. The molecule has 2 heterocycles. The standard InChI is InChI=1S/C20H18N4O2/c1-14-22-18-11-15(20(25)23-9-10-26-13-17(23)12-21)7-8-19(18)24(14)16-5-3-2-4-6-16/h2-8,11,17H,9-10,13H2,1H3. The highest BCUT2D eigenvalue weighted by atomic mass is 16.5. The van der Waals surface area contributed by atoms with E-state index in [0.29, 0.717) is 18.7 Å². The van der Waals surface area contributed by atoms with Gasteiger partial charge in [-0.15, -0.1) is 0 Å². The van der Waals surface area contributed by atoms with E-state index in [1.165, 1.54) is 0 Å². The normalized spacial score (nSPS) is 17.2. The van der Waals surface area contributed by atoms with Crippen molar-refractivity contribution in [3.8, 4) is 11.8 Å². The summed E-state index contributed by atoms with van der Waals surface area (Å²) in [6.45, 7) is 3.08. The molecule has 0 radical (unpaired) electrons. The number of aryl methyl sites for hydroxylation is 1. The molecule has 1 amide bonds. The van der Waals surface area contributed by atoms with Gasteiger partial charge < -0.3 is 9.64 Å². The van der Waals surface area contributed by atoms with Crippen molar-refractivity contribution in [1.29, 1.82) is 5.26 Å². The molecule has 6 heteroatoms. The lowest BCUT2D eigenvalue weighted by atomic mass is 10.1. The maximum absolute atomic E-state index is 12.9. The number of aromatic nitrogens is 2. The summed E-state index contributed by atoms with van der Waals surface area (Å²) in [7, 11) is 0. The van der Waals surface area contributed by atoms with Gasteiger partial charge in [-0.2, -0.15) is 5.26 Å². The van der Waals surface area contributed by atoms with Gasteiger partial charge in [0.25, 0.3) is 5.91 Å². The van der Waals surface area contributed by atoms with E-state index in [-0.39, 0.29) is 12.5 Å². The number of fused-ring (bicyclic) bond motifs is 1. The van der Waals surface area contributed by atoms with E-state index in [1.54, 1.807) is 17.0 Å². The first kappa shape index (κ1) is 16.3. The van der Waals surface area contributed by atoms with E-state index in [0.717, 1.165) is 22.5 Å². The number of para-hydroxylation sites is 1. The van der Waals surface area contributed by atoms with E-state index in [2.05, 4.69) is 15.6 Å². The number of nitriles is 1. The van der Waals surface area contributed by atoms with Gasteiger partial charge in [0.05, 0.1) is 30.3 Å². The van der Waals surface area contributed by atoms with Crippen molar-refractivity contribution in [3.05, 3.63) is 59.9 Å². The summed E-state index contributed by atoms with van der Waals surface area (Å²) < 4.78 is 7.36. The van der Waals surface area contributed by atoms with Crippen LogP contribution in [0.3, 0.4) is 0 Å². The summed E-state index contributed by atoms with van der Waals surface area (Å²) in [5, 5.41) is 9.26. The Morgan fingerprint density at radius 1 is 1.27 bits per heavy atom. The van der Waals surface area contributed by atoms with Gasteiger partial charge in [0.1, 0.15) is 11.9 Å². The van der Waals surface area contributed by atoms with Crippen LogP contribution >= 0.6 is 0 Å². The van der Waals surface area contributed by atoms with Crippen molar-refractivity contribution in [1.82, 2.24) is 14.5 Å². The van der Waals surface area contributed by atoms with Crippen LogP contribution < -0.4 is 0 Å². The predicted molar refractivity (Wildman–Crippen MR) is 97.1 cm³/mol. The number of imidazole rings is 1. The number of ether oxygens (including phenoxy) is 1. The minimum Gasteiger partial charge on any atom is -0.376 e. The number of rotatable bonds is 2. The highest BCUT2D eigenvalue weighted by Crippen LogP contribution is 2.23. The molecule has 1 aromatic heterocycles. The molecule has 0 bridgehead atoms. The molecule has 0 N–H and O–H groups in total. The average molecular weight is 346 g/mol. The molecule has 1 saturated heterocycles. The Hall–Kier alpha value is -3.17. The van der Waals surface area contributed by atoms with Crippen molar-refractivity contribution < 1.29 is 9.53 Å². The van der Waals surface area contributed by atoms with Crippen LogP contribution in [0.15, 0.2) is 48.5 Å². The minimum absolute atomic E-state index is 0.159. The van der Waals surface area contributed by atoms with Crippen LogP contribution in [0.1, 0.15) is 16.2 Å². The van der Waals surface area contributed by atoms with E-state index >= 15 is 0 Å². The smallest absolute Gasteiger partial charge is 0.255 e. The lowest BCUT2D eigenvalue weighted by Gasteiger charge is -2.31. The van der Waals surface area contributed by atoms with E-state index in [9.17, 15) is 10.1 Å². The Kier molecular flexibility index (Phi) is 4.15. The third-order valence-electron chi connectivity index (χ3n) is 4.62. The molecule has 130 valence electrons. The first-order chi connectivity index (χ1) is 12.7. The van der Waals surface area contributed by atoms with Crippen LogP contribution in [0.2, 0.25) is 0 Å². The molecule has 1 aliphatic heterocycles. The number of nitrogens with zero attached hydrogens (tertiary/aromatic N) is 4. The molecule has 0 aliphatic carbocycles. The average Bonchev–Trinajstić information content (AvgIpc) is 3.02. The van der Waals surface area contributed by atoms with Gasteiger partial charge in [-0.05, 0) is 37.3 Å².